The highest BCUT2D eigenvalue weighted by Gasteiger charge is 2.43. The van der Waals surface area contributed by atoms with E-state index in [-0.39, 0.29) is 11.8 Å². The summed E-state index contributed by atoms with van der Waals surface area (Å²) in [6, 6.07) is 7.50. The van der Waals surface area contributed by atoms with Crippen LogP contribution in [0.5, 0.6) is 5.75 Å². The molecule has 2 N–H and O–H groups in total. The van der Waals surface area contributed by atoms with Crippen molar-refractivity contribution in [3.63, 3.8) is 0 Å². The Morgan fingerprint density at radius 1 is 1.15 bits per heavy atom. The van der Waals surface area contributed by atoms with Gasteiger partial charge in [-0.2, -0.15) is 0 Å². The molecule has 27 heavy (non-hydrogen) atoms. The van der Waals surface area contributed by atoms with Gasteiger partial charge in [0.2, 0.25) is 5.91 Å². The fraction of sp³-hybridized carbons (Fsp3) is 0.619. The van der Waals surface area contributed by atoms with Crippen molar-refractivity contribution in [1.29, 1.82) is 0 Å². The lowest BCUT2D eigenvalue weighted by Crippen LogP contribution is -2.56. The molecular weight excluding hydrogens is 344 g/mol. The largest absolute Gasteiger partial charge is 0.497 e. The molecule has 1 aromatic carbocycles. The molecule has 6 nitrogen and oxygen atoms in total. The van der Waals surface area contributed by atoms with Crippen molar-refractivity contribution >= 4 is 12.0 Å². The van der Waals surface area contributed by atoms with Crippen molar-refractivity contribution in [3.8, 4) is 5.75 Å². The van der Waals surface area contributed by atoms with E-state index >= 15 is 0 Å². The predicted molar refractivity (Wildman–Crippen MR) is 105 cm³/mol. The third-order valence-electron chi connectivity index (χ3n) is 4.90. The maximum atomic E-state index is 12.8. The van der Waals surface area contributed by atoms with Crippen LogP contribution in [0.3, 0.4) is 0 Å². The second-order valence-corrected chi connectivity index (χ2v) is 8.53. The Balaban J connectivity index is 1.99. The van der Waals surface area contributed by atoms with Crippen molar-refractivity contribution < 1.29 is 19.1 Å². The van der Waals surface area contributed by atoms with E-state index < -0.39 is 17.2 Å². The lowest BCUT2D eigenvalue weighted by molar-refractivity contribution is -0.124. The average molecular weight is 376 g/mol. The molecule has 1 fully saturated rings. The van der Waals surface area contributed by atoms with Crippen molar-refractivity contribution in [1.82, 2.24) is 10.6 Å². The van der Waals surface area contributed by atoms with Crippen molar-refractivity contribution in [2.45, 2.75) is 64.5 Å². The number of amides is 2. The fourth-order valence-corrected chi connectivity index (χ4v) is 3.01. The first-order chi connectivity index (χ1) is 12.5. The monoisotopic (exact) mass is 376 g/mol. The minimum Gasteiger partial charge on any atom is -0.497 e. The number of methoxy groups -OCH3 is 1. The lowest BCUT2D eigenvalue weighted by atomic mass is 9.93. The number of hydrogen-bond donors (Lipinski definition) is 2. The molecule has 0 aromatic heterocycles. The highest BCUT2D eigenvalue weighted by Crippen LogP contribution is 2.39. The molecule has 0 radical (unpaired) electrons. The number of hydrogen-bond acceptors (Lipinski definition) is 4. The minimum absolute atomic E-state index is 0.0550. The number of carbonyl (C=O) groups excluding carboxylic acids is 2. The summed E-state index contributed by atoms with van der Waals surface area (Å²) in [6.07, 6.45) is 1.62. The molecule has 2 atom stereocenters. The first-order valence-electron chi connectivity index (χ1n) is 9.47. The Hall–Kier alpha value is -2.24. The summed E-state index contributed by atoms with van der Waals surface area (Å²) in [5, 5.41) is 5.97. The average Bonchev–Trinajstić information content (AvgIpc) is 3.43. The zero-order valence-electron chi connectivity index (χ0n) is 17.2. The van der Waals surface area contributed by atoms with Gasteiger partial charge in [0.1, 0.15) is 11.4 Å². The van der Waals surface area contributed by atoms with Crippen LogP contribution < -0.4 is 15.4 Å². The van der Waals surface area contributed by atoms with Gasteiger partial charge < -0.3 is 20.1 Å². The zero-order valence-corrected chi connectivity index (χ0v) is 17.2. The van der Waals surface area contributed by atoms with Gasteiger partial charge in [-0.05, 0) is 71.1 Å². The summed E-state index contributed by atoms with van der Waals surface area (Å²) in [5.74, 6) is 0.770. The molecule has 1 saturated carbocycles. The van der Waals surface area contributed by atoms with Crippen LogP contribution in [0, 0.1) is 5.92 Å². The van der Waals surface area contributed by atoms with E-state index in [9.17, 15) is 9.59 Å². The highest BCUT2D eigenvalue weighted by atomic mass is 16.6. The second kappa shape index (κ2) is 8.19. The molecule has 2 unspecified atom stereocenters. The van der Waals surface area contributed by atoms with Crippen LogP contribution in [0.4, 0.5) is 4.79 Å². The van der Waals surface area contributed by atoms with Gasteiger partial charge in [-0.15, -0.1) is 0 Å². The zero-order chi connectivity index (χ0) is 20.2. The van der Waals surface area contributed by atoms with Gasteiger partial charge in [0, 0.05) is 6.54 Å². The second-order valence-electron chi connectivity index (χ2n) is 8.53. The van der Waals surface area contributed by atoms with Crippen LogP contribution >= 0.6 is 0 Å². The van der Waals surface area contributed by atoms with Gasteiger partial charge in [0.15, 0.2) is 0 Å². The number of rotatable bonds is 7. The van der Waals surface area contributed by atoms with Crippen molar-refractivity contribution in [3.05, 3.63) is 29.8 Å². The van der Waals surface area contributed by atoms with Gasteiger partial charge >= 0.3 is 6.09 Å². The van der Waals surface area contributed by atoms with E-state index in [1.165, 1.54) is 0 Å². The molecule has 2 amide bonds. The molecule has 2 rings (SSSR count). The van der Waals surface area contributed by atoms with Crippen LogP contribution in [-0.4, -0.2) is 36.8 Å². The number of alkyl carbamates (subject to hydrolysis) is 1. The first kappa shape index (κ1) is 21.1. The summed E-state index contributed by atoms with van der Waals surface area (Å²) >= 11 is 0. The van der Waals surface area contributed by atoms with Gasteiger partial charge in [0.05, 0.1) is 18.6 Å². The molecule has 1 aliphatic rings. The summed E-state index contributed by atoms with van der Waals surface area (Å²) in [4.78, 5) is 24.8. The maximum Gasteiger partial charge on any atom is 0.407 e. The smallest absolute Gasteiger partial charge is 0.407 e. The fourth-order valence-electron chi connectivity index (χ4n) is 3.01. The molecule has 150 valence electrons. The third-order valence-corrected chi connectivity index (χ3v) is 4.90. The molecule has 6 heteroatoms. The van der Waals surface area contributed by atoms with E-state index in [0.29, 0.717) is 12.5 Å². The summed E-state index contributed by atoms with van der Waals surface area (Å²) < 4.78 is 10.5. The Labute approximate surface area is 162 Å². The van der Waals surface area contributed by atoms with Gasteiger partial charge in [-0.1, -0.05) is 12.1 Å². The number of nitrogens with one attached hydrogen (secondary N) is 2. The van der Waals surface area contributed by atoms with Gasteiger partial charge in [0.25, 0.3) is 0 Å². The molecule has 1 aliphatic carbocycles. The molecular formula is C21H32N2O4. The van der Waals surface area contributed by atoms with Crippen LogP contribution in [-0.2, 0) is 9.53 Å². The predicted octanol–water partition coefficient (Wildman–Crippen LogP) is 3.61. The number of ether oxygens (including phenoxy) is 2. The van der Waals surface area contributed by atoms with E-state index in [1.807, 2.05) is 58.9 Å². The van der Waals surface area contributed by atoms with E-state index in [0.717, 1.165) is 24.2 Å². The third kappa shape index (κ3) is 6.15. The minimum atomic E-state index is -0.549. The van der Waals surface area contributed by atoms with Crippen LogP contribution in [0.25, 0.3) is 0 Å². The highest BCUT2D eigenvalue weighted by molar-refractivity contribution is 5.84. The maximum absolute atomic E-state index is 12.8. The Morgan fingerprint density at radius 3 is 2.22 bits per heavy atom. The van der Waals surface area contributed by atoms with Crippen LogP contribution in [0.1, 0.15) is 58.9 Å². The first-order valence-corrected chi connectivity index (χ1v) is 9.47. The van der Waals surface area contributed by atoms with E-state index in [2.05, 4.69) is 10.6 Å². The van der Waals surface area contributed by atoms with Crippen LogP contribution in [0.2, 0.25) is 0 Å². The molecule has 0 spiro atoms. The molecule has 0 bridgehead atoms. The lowest BCUT2D eigenvalue weighted by Gasteiger charge is -2.33. The Morgan fingerprint density at radius 2 is 1.74 bits per heavy atom. The van der Waals surface area contributed by atoms with Crippen molar-refractivity contribution in [2.75, 3.05) is 13.7 Å². The van der Waals surface area contributed by atoms with E-state index in [1.54, 1.807) is 7.11 Å². The van der Waals surface area contributed by atoms with Crippen LogP contribution in [0.15, 0.2) is 24.3 Å². The molecule has 1 aromatic rings. The summed E-state index contributed by atoms with van der Waals surface area (Å²) in [5.41, 5.74) is -0.118. The SMILES string of the molecule is COc1ccc(C(C)C(=O)NC(C)(CNC(=O)OC(C)(C)C)C2CC2)cc1. The van der Waals surface area contributed by atoms with Gasteiger partial charge in [-0.3, -0.25) is 4.79 Å². The Kier molecular flexibility index (Phi) is 6.39. The normalized spacial score (nSPS) is 17.4. The number of carbonyl (C=O) groups is 2. The van der Waals surface area contributed by atoms with E-state index in [4.69, 9.17) is 9.47 Å². The standard InChI is InChI=1S/C21H32N2O4/c1-14(15-7-11-17(26-6)12-8-15)18(24)23-21(5,16-9-10-16)13-22-19(25)27-20(2,3)4/h7-8,11-12,14,16H,9-10,13H2,1-6H3,(H,22,25)(H,23,24). The summed E-state index contributed by atoms with van der Waals surface area (Å²) in [6.45, 7) is 9.68. The molecule has 0 heterocycles. The van der Waals surface area contributed by atoms with Gasteiger partial charge in [-0.25, -0.2) is 4.79 Å². The Bertz CT molecular complexity index is 662. The summed E-state index contributed by atoms with van der Waals surface area (Å²) in [7, 11) is 1.61. The molecule has 0 saturated heterocycles. The quantitative estimate of drug-likeness (QED) is 0.762. The molecule has 0 aliphatic heterocycles. The topological polar surface area (TPSA) is 76.7 Å². The van der Waals surface area contributed by atoms with Crippen molar-refractivity contribution in [2.24, 2.45) is 5.92 Å². The number of benzene rings is 1.